The number of nitrogens with one attached hydrogen (secondary N) is 1. The largest absolute Gasteiger partial charge is 0.381 e. The van der Waals surface area contributed by atoms with Gasteiger partial charge in [-0.25, -0.2) is 9.97 Å². The average Bonchev–Trinajstić information content (AvgIpc) is 2.30. The van der Waals surface area contributed by atoms with E-state index in [-0.39, 0.29) is 11.5 Å². The van der Waals surface area contributed by atoms with E-state index in [1.165, 1.54) is 0 Å². The zero-order chi connectivity index (χ0) is 13.5. The lowest BCUT2D eigenvalue weighted by atomic mass is 9.64. The maximum absolute atomic E-state index is 6.12. The highest BCUT2D eigenvalue weighted by Gasteiger charge is 2.48. The molecule has 0 radical (unpaired) electrons. The summed E-state index contributed by atoms with van der Waals surface area (Å²) in [5, 5.41) is 3.82. The summed E-state index contributed by atoms with van der Waals surface area (Å²) in [6.07, 6.45) is 1.25. The molecule has 0 aromatic carbocycles. The van der Waals surface area contributed by atoms with E-state index < -0.39 is 0 Å². The van der Waals surface area contributed by atoms with Gasteiger partial charge in [-0.3, -0.25) is 0 Å². The Balaban J connectivity index is 2.14. The summed E-state index contributed by atoms with van der Waals surface area (Å²) < 4.78 is 5.43. The number of aryl methyl sites for hydroxylation is 2. The van der Waals surface area contributed by atoms with Crippen molar-refractivity contribution in [3.05, 3.63) is 16.5 Å². The van der Waals surface area contributed by atoms with Gasteiger partial charge in [-0.15, -0.1) is 0 Å². The van der Waals surface area contributed by atoms with Crippen LogP contribution >= 0.6 is 11.6 Å². The van der Waals surface area contributed by atoms with Gasteiger partial charge in [-0.05, 0) is 20.3 Å². The molecule has 2 unspecified atom stereocenters. The Morgan fingerprint density at radius 1 is 1.28 bits per heavy atom. The second-order valence-corrected chi connectivity index (χ2v) is 5.87. The Hall–Kier alpha value is -0.870. The fourth-order valence-corrected chi connectivity index (χ4v) is 2.59. The molecule has 4 nitrogen and oxygen atoms in total. The zero-order valence-electron chi connectivity index (χ0n) is 11.5. The molecule has 1 fully saturated rings. The molecule has 1 N–H and O–H groups in total. The van der Waals surface area contributed by atoms with Crippen molar-refractivity contribution in [3.8, 4) is 0 Å². The number of anilines is 1. The van der Waals surface area contributed by atoms with E-state index in [0.717, 1.165) is 17.8 Å². The molecule has 100 valence electrons. The summed E-state index contributed by atoms with van der Waals surface area (Å²) >= 11 is 6.12. The highest BCUT2D eigenvalue weighted by molar-refractivity contribution is 6.31. The van der Waals surface area contributed by atoms with E-state index in [2.05, 4.69) is 29.1 Å². The Morgan fingerprint density at radius 2 is 1.89 bits per heavy atom. The van der Waals surface area contributed by atoms with Gasteiger partial charge in [0.15, 0.2) is 11.0 Å². The van der Waals surface area contributed by atoms with Crippen LogP contribution in [0.15, 0.2) is 0 Å². The molecule has 1 aromatic rings. The maximum atomic E-state index is 6.12. The number of rotatable bonds is 3. The first-order chi connectivity index (χ1) is 8.36. The molecule has 18 heavy (non-hydrogen) atoms. The second-order valence-electron chi connectivity index (χ2n) is 5.51. The van der Waals surface area contributed by atoms with Crippen molar-refractivity contribution in [1.29, 1.82) is 0 Å². The summed E-state index contributed by atoms with van der Waals surface area (Å²) in [5.74, 6) is 0.674. The van der Waals surface area contributed by atoms with Crippen LogP contribution in [0.3, 0.4) is 0 Å². The van der Waals surface area contributed by atoms with Crippen LogP contribution in [-0.2, 0) is 4.74 Å². The molecule has 0 saturated heterocycles. The fraction of sp³-hybridized carbons (Fsp3) is 0.692. The summed E-state index contributed by atoms with van der Waals surface area (Å²) in [4.78, 5) is 8.74. The predicted octanol–water partition coefficient (Wildman–Crippen LogP) is 2.97. The van der Waals surface area contributed by atoms with Crippen molar-refractivity contribution in [2.75, 3.05) is 12.4 Å². The Kier molecular flexibility index (Phi) is 3.52. The molecular weight excluding hydrogens is 250 g/mol. The van der Waals surface area contributed by atoms with Gasteiger partial charge < -0.3 is 10.1 Å². The molecule has 1 aliphatic carbocycles. The van der Waals surface area contributed by atoms with E-state index >= 15 is 0 Å². The van der Waals surface area contributed by atoms with Crippen molar-refractivity contribution < 1.29 is 4.74 Å². The standard InChI is InChI=1S/C13H20ClN3O/c1-7-8(2)16-12(11(14)15-7)17-9-6-10(18-5)13(9,3)4/h9-10H,6H2,1-5H3,(H,16,17). The van der Waals surface area contributed by atoms with Crippen LogP contribution in [0.5, 0.6) is 0 Å². The monoisotopic (exact) mass is 269 g/mol. The molecule has 5 heteroatoms. The maximum Gasteiger partial charge on any atom is 0.171 e. The lowest BCUT2D eigenvalue weighted by Gasteiger charge is -2.51. The number of halogens is 1. The first kappa shape index (κ1) is 13.6. The number of hydrogen-bond donors (Lipinski definition) is 1. The molecule has 0 spiro atoms. The minimum atomic E-state index is 0.0819. The van der Waals surface area contributed by atoms with Gasteiger partial charge >= 0.3 is 0 Å². The predicted molar refractivity (Wildman–Crippen MR) is 73.1 cm³/mol. The van der Waals surface area contributed by atoms with Crippen LogP contribution in [0, 0.1) is 19.3 Å². The van der Waals surface area contributed by atoms with Crippen LogP contribution in [0.1, 0.15) is 31.7 Å². The van der Waals surface area contributed by atoms with Gasteiger partial charge in [0.05, 0.1) is 17.5 Å². The summed E-state index contributed by atoms with van der Waals surface area (Å²) in [5.41, 5.74) is 1.86. The molecule has 2 atom stereocenters. The molecule has 0 amide bonds. The van der Waals surface area contributed by atoms with Gasteiger partial charge in [0.2, 0.25) is 0 Å². The van der Waals surface area contributed by atoms with Crippen LogP contribution in [0.2, 0.25) is 5.15 Å². The smallest absolute Gasteiger partial charge is 0.171 e. The lowest BCUT2D eigenvalue weighted by molar-refractivity contribution is -0.0795. The van der Waals surface area contributed by atoms with Crippen molar-refractivity contribution in [2.45, 2.75) is 46.3 Å². The van der Waals surface area contributed by atoms with Gasteiger partial charge in [-0.2, -0.15) is 0 Å². The van der Waals surface area contributed by atoms with Crippen molar-refractivity contribution in [3.63, 3.8) is 0 Å². The Morgan fingerprint density at radius 3 is 2.44 bits per heavy atom. The summed E-state index contributed by atoms with van der Waals surface area (Å²) in [6.45, 7) is 8.22. The lowest BCUT2D eigenvalue weighted by Crippen LogP contribution is -2.57. The minimum Gasteiger partial charge on any atom is -0.381 e. The van der Waals surface area contributed by atoms with Crippen LogP contribution in [0.25, 0.3) is 0 Å². The molecule has 0 aliphatic heterocycles. The SMILES string of the molecule is COC1CC(Nc2nc(C)c(C)nc2Cl)C1(C)C. The third kappa shape index (κ3) is 2.19. The fourth-order valence-electron chi connectivity index (χ4n) is 2.36. The molecule has 0 bridgehead atoms. The van der Waals surface area contributed by atoms with Crippen molar-refractivity contribution >= 4 is 17.4 Å². The quantitative estimate of drug-likeness (QED) is 0.916. The normalized spacial score (nSPS) is 25.7. The number of methoxy groups -OCH3 is 1. The highest BCUT2D eigenvalue weighted by Crippen LogP contribution is 2.44. The third-order valence-electron chi connectivity index (χ3n) is 4.04. The van der Waals surface area contributed by atoms with E-state index in [0.29, 0.717) is 17.0 Å². The van der Waals surface area contributed by atoms with E-state index in [4.69, 9.17) is 16.3 Å². The molecule has 1 aliphatic rings. The summed E-state index contributed by atoms with van der Waals surface area (Å²) in [6, 6.07) is 0.316. The Labute approximate surface area is 113 Å². The van der Waals surface area contributed by atoms with E-state index in [9.17, 15) is 0 Å². The van der Waals surface area contributed by atoms with Crippen LogP contribution < -0.4 is 5.32 Å². The van der Waals surface area contributed by atoms with Gasteiger partial charge in [0.25, 0.3) is 0 Å². The number of nitrogens with zero attached hydrogens (tertiary/aromatic N) is 2. The van der Waals surface area contributed by atoms with Gasteiger partial charge in [0, 0.05) is 18.6 Å². The van der Waals surface area contributed by atoms with Crippen molar-refractivity contribution in [1.82, 2.24) is 9.97 Å². The molecular formula is C13H20ClN3O. The molecule has 1 saturated carbocycles. The molecule has 1 aromatic heterocycles. The topological polar surface area (TPSA) is 47.0 Å². The van der Waals surface area contributed by atoms with Crippen LogP contribution in [-0.4, -0.2) is 29.2 Å². The number of hydrogen-bond acceptors (Lipinski definition) is 4. The van der Waals surface area contributed by atoms with E-state index in [1.807, 2.05) is 13.8 Å². The molecule has 1 heterocycles. The number of aromatic nitrogens is 2. The molecule has 2 rings (SSSR count). The Bertz CT molecular complexity index is 462. The number of ether oxygens (including phenoxy) is 1. The first-order valence-electron chi connectivity index (χ1n) is 6.16. The van der Waals surface area contributed by atoms with Crippen molar-refractivity contribution in [2.24, 2.45) is 5.41 Å². The minimum absolute atomic E-state index is 0.0819. The summed E-state index contributed by atoms with van der Waals surface area (Å²) in [7, 11) is 1.76. The second kappa shape index (κ2) is 4.67. The van der Waals surface area contributed by atoms with Gasteiger partial charge in [-0.1, -0.05) is 25.4 Å². The third-order valence-corrected chi connectivity index (χ3v) is 4.30. The first-order valence-corrected chi connectivity index (χ1v) is 6.54. The van der Waals surface area contributed by atoms with Crippen LogP contribution in [0.4, 0.5) is 5.82 Å². The van der Waals surface area contributed by atoms with Gasteiger partial charge in [0.1, 0.15) is 0 Å². The zero-order valence-corrected chi connectivity index (χ0v) is 12.3. The highest BCUT2D eigenvalue weighted by atomic mass is 35.5. The average molecular weight is 270 g/mol. The van der Waals surface area contributed by atoms with E-state index in [1.54, 1.807) is 7.11 Å².